The maximum absolute atomic E-state index is 13.8. The number of aryl methyl sites for hydroxylation is 1. The number of carbonyl (C=O) groups is 2. The van der Waals surface area contributed by atoms with Gasteiger partial charge in [-0.05, 0) is 93.1 Å². The molecule has 3 aromatic rings. The topological polar surface area (TPSA) is 66.8 Å². The second-order valence-corrected chi connectivity index (χ2v) is 10.9. The van der Waals surface area contributed by atoms with Gasteiger partial charge >= 0.3 is 5.97 Å². The van der Waals surface area contributed by atoms with Gasteiger partial charge in [0.15, 0.2) is 6.10 Å². The minimum Gasteiger partial charge on any atom is -0.479 e. The van der Waals surface area contributed by atoms with Crippen molar-refractivity contribution in [3.05, 3.63) is 104 Å². The van der Waals surface area contributed by atoms with E-state index in [1.165, 1.54) is 18.2 Å². The second-order valence-electron chi connectivity index (χ2n) is 10.9. The molecule has 6 heteroatoms. The quantitative estimate of drug-likeness (QED) is 0.358. The molecular formula is C32H34FNO4. The van der Waals surface area contributed by atoms with E-state index >= 15 is 0 Å². The van der Waals surface area contributed by atoms with Crippen molar-refractivity contribution in [3.8, 4) is 0 Å². The van der Waals surface area contributed by atoms with Crippen LogP contribution in [0.3, 0.4) is 0 Å². The molecule has 0 unspecified atom stereocenters. The van der Waals surface area contributed by atoms with Gasteiger partial charge in [0.2, 0.25) is 0 Å². The number of carboxylic acids is 1. The number of carbonyl (C=O) groups excluding carboxylic acids is 1. The molecule has 0 saturated heterocycles. The summed E-state index contributed by atoms with van der Waals surface area (Å²) in [5.74, 6) is -1.80. The number of hydrogen-bond donors (Lipinski definition) is 1. The highest BCUT2D eigenvalue weighted by Crippen LogP contribution is 2.40. The van der Waals surface area contributed by atoms with Crippen molar-refractivity contribution < 1.29 is 23.8 Å². The molecule has 198 valence electrons. The first-order valence-electron chi connectivity index (χ1n) is 12.7. The van der Waals surface area contributed by atoms with Crippen LogP contribution in [0.2, 0.25) is 0 Å². The minimum atomic E-state index is -1.19. The Labute approximate surface area is 223 Å². The maximum Gasteiger partial charge on any atom is 0.337 e. The molecule has 0 aromatic heterocycles. The molecule has 0 radical (unpaired) electrons. The number of aliphatic carboxylic acids is 1. The Hall–Kier alpha value is -3.77. The molecular weight excluding hydrogens is 481 g/mol. The average molecular weight is 516 g/mol. The van der Waals surface area contributed by atoms with Crippen LogP contribution in [0.25, 0.3) is 12.2 Å². The van der Waals surface area contributed by atoms with Crippen molar-refractivity contribution in [2.45, 2.75) is 66.3 Å². The van der Waals surface area contributed by atoms with Crippen LogP contribution in [-0.4, -0.2) is 27.5 Å². The summed E-state index contributed by atoms with van der Waals surface area (Å²) in [6.07, 6.45) is 2.73. The fourth-order valence-corrected chi connectivity index (χ4v) is 4.99. The first kappa shape index (κ1) is 27.3. The fraction of sp³-hybridized carbons (Fsp3) is 0.312. The van der Waals surface area contributed by atoms with Crippen LogP contribution in [0.1, 0.15) is 81.7 Å². The summed E-state index contributed by atoms with van der Waals surface area (Å²) in [5, 5.41) is 10.3. The van der Waals surface area contributed by atoms with Gasteiger partial charge in [0, 0.05) is 24.2 Å². The third-order valence-corrected chi connectivity index (χ3v) is 6.90. The van der Waals surface area contributed by atoms with E-state index in [-0.39, 0.29) is 11.5 Å². The minimum absolute atomic E-state index is 0.265. The number of fused-ring (bicyclic) bond motifs is 1. The molecule has 38 heavy (non-hydrogen) atoms. The lowest BCUT2D eigenvalue weighted by Crippen LogP contribution is -2.29. The van der Waals surface area contributed by atoms with E-state index in [2.05, 4.69) is 0 Å². The summed E-state index contributed by atoms with van der Waals surface area (Å²) in [4.78, 5) is 27.5. The van der Waals surface area contributed by atoms with E-state index < -0.39 is 23.5 Å². The molecule has 1 amide bonds. The van der Waals surface area contributed by atoms with Gasteiger partial charge < -0.3 is 14.7 Å². The van der Waals surface area contributed by atoms with Gasteiger partial charge in [0.05, 0.1) is 5.60 Å². The summed E-state index contributed by atoms with van der Waals surface area (Å²) in [6.45, 7) is 12.1. The molecule has 0 spiro atoms. The Kier molecular flexibility index (Phi) is 7.56. The third kappa shape index (κ3) is 5.70. The van der Waals surface area contributed by atoms with Gasteiger partial charge in [-0.15, -0.1) is 0 Å². The Morgan fingerprint density at radius 2 is 1.61 bits per heavy atom. The van der Waals surface area contributed by atoms with Gasteiger partial charge in [-0.2, -0.15) is 0 Å². The lowest BCUT2D eigenvalue weighted by Gasteiger charge is -2.29. The van der Waals surface area contributed by atoms with Gasteiger partial charge in [-0.25, -0.2) is 9.18 Å². The second kappa shape index (κ2) is 10.5. The molecule has 1 atom stereocenters. The van der Waals surface area contributed by atoms with Crippen molar-refractivity contribution in [2.75, 3.05) is 0 Å². The third-order valence-electron chi connectivity index (χ3n) is 6.90. The van der Waals surface area contributed by atoms with Crippen LogP contribution < -0.4 is 0 Å². The molecule has 1 heterocycles. The van der Waals surface area contributed by atoms with Gasteiger partial charge in [-0.3, -0.25) is 4.79 Å². The summed E-state index contributed by atoms with van der Waals surface area (Å²) >= 11 is 0. The van der Waals surface area contributed by atoms with Crippen LogP contribution in [0.15, 0.2) is 48.5 Å². The van der Waals surface area contributed by atoms with E-state index in [9.17, 15) is 19.1 Å². The number of carboxylic acid groups (broad SMARTS) is 1. The van der Waals surface area contributed by atoms with Crippen LogP contribution in [0, 0.1) is 26.6 Å². The number of rotatable bonds is 6. The highest BCUT2D eigenvalue weighted by molar-refractivity contribution is 5.95. The van der Waals surface area contributed by atoms with Crippen molar-refractivity contribution >= 4 is 24.0 Å². The summed E-state index contributed by atoms with van der Waals surface area (Å²) in [5.41, 5.74) is 6.70. The van der Waals surface area contributed by atoms with Crippen molar-refractivity contribution in [3.63, 3.8) is 0 Å². The molecule has 0 aliphatic carbocycles. The maximum atomic E-state index is 13.8. The lowest BCUT2D eigenvalue weighted by molar-refractivity contribution is -0.160. The first-order valence-corrected chi connectivity index (χ1v) is 12.7. The van der Waals surface area contributed by atoms with Crippen LogP contribution in [0.4, 0.5) is 4.39 Å². The highest BCUT2D eigenvalue weighted by atomic mass is 19.1. The first-order chi connectivity index (χ1) is 17.9. The number of benzene rings is 3. The number of hydrogen-bond acceptors (Lipinski definition) is 3. The van der Waals surface area contributed by atoms with Gasteiger partial charge in [0.1, 0.15) is 5.82 Å². The Morgan fingerprint density at radius 1 is 0.974 bits per heavy atom. The Balaban J connectivity index is 1.84. The molecule has 1 aliphatic heterocycles. The number of nitrogens with zero attached hydrogens (tertiary/aromatic N) is 1. The van der Waals surface area contributed by atoms with Crippen LogP contribution in [0.5, 0.6) is 0 Å². The highest BCUT2D eigenvalue weighted by Gasteiger charge is 2.35. The summed E-state index contributed by atoms with van der Waals surface area (Å²) in [6, 6.07) is 13.8. The van der Waals surface area contributed by atoms with Gasteiger partial charge in [-0.1, -0.05) is 48.0 Å². The molecule has 1 aliphatic rings. The monoisotopic (exact) mass is 515 g/mol. The fourth-order valence-electron chi connectivity index (χ4n) is 4.99. The Morgan fingerprint density at radius 3 is 2.18 bits per heavy atom. The van der Waals surface area contributed by atoms with Crippen LogP contribution in [-0.2, 0) is 22.6 Å². The number of ether oxygens (including phenoxy) is 1. The van der Waals surface area contributed by atoms with E-state index in [1.807, 2.05) is 78.0 Å². The molecule has 5 nitrogen and oxygen atoms in total. The van der Waals surface area contributed by atoms with E-state index in [1.54, 1.807) is 11.0 Å². The Bertz CT molecular complexity index is 1420. The molecule has 4 rings (SSSR count). The van der Waals surface area contributed by atoms with E-state index in [4.69, 9.17) is 4.74 Å². The predicted molar refractivity (Wildman–Crippen MR) is 147 cm³/mol. The zero-order chi connectivity index (χ0) is 27.8. The van der Waals surface area contributed by atoms with Crippen molar-refractivity contribution in [1.29, 1.82) is 0 Å². The largest absolute Gasteiger partial charge is 0.479 e. The zero-order valence-corrected chi connectivity index (χ0v) is 22.8. The smallest absolute Gasteiger partial charge is 0.337 e. The predicted octanol–water partition coefficient (Wildman–Crippen LogP) is 7.02. The molecule has 1 N–H and O–H groups in total. The van der Waals surface area contributed by atoms with Crippen molar-refractivity contribution in [2.24, 2.45) is 0 Å². The van der Waals surface area contributed by atoms with E-state index in [0.717, 1.165) is 38.9 Å². The van der Waals surface area contributed by atoms with Crippen molar-refractivity contribution in [1.82, 2.24) is 4.90 Å². The summed E-state index contributed by atoms with van der Waals surface area (Å²) in [7, 11) is 0. The normalized spacial score (nSPS) is 14.1. The zero-order valence-electron chi connectivity index (χ0n) is 22.8. The summed E-state index contributed by atoms with van der Waals surface area (Å²) < 4.78 is 19.9. The van der Waals surface area contributed by atoms with E-state index in [0.29, 0.717) is 18.7 Å². The molecule has 3 aromatic carbocycles. The lowest BCUT2D eigenvalue weighted by atomic mass is 9.85. The number of halogens is 1. The van der Waals surface area contributed by atoms with Crippen LogP contribution >= 0.6 is 0 Å². The average Bonchev–Trinajstić information content (AvgIpc) is 3.30. The molecule has 0 fully saturated rings. The van der Waals surface area contributed by atoms with Gasteiger partial charge in [0.25, 0.3) is 5.91 Å². The standard InChI is InChI=1S/C32H34FNO4/c1-19-10-12-22(13-11-19)14-15-25-20(2)26-17-34(30(35)23-8-7-9-24(33)16-23)18-27(26)21(3)28(25)29(31(36)37)38-32(4,5)6/h7-16,29H,17-18H2,1-6H3,(H,36,37)/t29-/m0/s1. The molecule has 0 saturated carbocycles. The number of amides is 1. The molecule has 0 bridgehead atoms. The SMILES string of the molecule is Cc1ccc(C=Cc2c(C)c3c(c(C)c2[C@H](OC(C)(C)C)C(=O)O)CN(C(=O)c2cccc(F)c2)C3)cc1.